The van der Waals surface area contributed by atoms with E-state index >= 15 is 0 Å². The van der Waals surface area contributed by atoms with Crippen LogP contribution in [0.15, 0.2) is 11.2 Å². The summed E-state index contributed by atoms with van der Waals surface area (Å²) < 4.78 is 0. The summed E-state index contributed by atoms with van der Waals surface area (Å²) in [5.41, 5.74) is 1.82. The summed E-state index contributed by atoms with van der Waals surface area (Å²) in [4.78, 5) is 36.6. The van der Waals surface area contributed by atoms with Crippen LogP contribution >= 0.6 is 11.8 Å². The molecule has 0 saturated carbocycles. The van der Waals surface area contributed by atoms with E-state index in [9.17, 15) is 9.59 Å². The van der Waals surface area contributed by atoms with E-state index in [1.807, 2.05) is 43.6 Å². The van der Waals surface area contributed by atoms with Gasteiger partial charge in [-0.3, -0.25) is 9.59 Å². The van der Waals surface area contributed by atoms with Gasteiger partial charge in [-0.25, -0.2) is 9.97 Å². The van der Waals surface area contributed by atoms with Crippen LogP contribution in [0.5, 0.6) is 0 Å². The molecule has 0 spiro atoms. The van der Waals surface area contributed by atoms with Crippen LogP contribution in [0.4, 0.5) is 0 Å². The van der Waals surface area contributed by atoms with Gasteiger partial charge < -0.3 is 9.80 Å². The first kappa shape index (κ1) is 17.7. The Hall–Kier alpha value is -1.63. The van der Waals surface area contributed by atoms with Crippen LogP contribution in [0.1, 0.15) is 25.2 Å². The smallest absolute Gasteiger partial charge is 0.233 e. The van der Waals surface area contributed by atoms with Gasteiger partial charge in [-0.1, -0.05) is 25.6 Å². The van der Waals surface area contributed by atoms with Crippen molar-refractivity contribution in [3.63, 3.8) is 0 Å². The zero-order valence-corrected chi connectivity index (χ0v) is 15.0. The van der Waals surface area contributed by atoms with Crippen molar-refractivity contribution < 1.29 is 9.59 Å². The molecule has 1 saturated heterocycles. The number of aromatic nitrogens is 2. The monoisotopic (exact) mass is 336 g/mol. The first-order chi connectivity index (χ1) is 10.9. The minimum absolute atomic E-state index is 0.00881. The van der Waals surface area contributed by atoms with Crippen LogP contribution in [0.3, 0.4) is 0 Å². The number of carbonyl (C=O) groups is 2. The van der Waals surface area contributed by atoms with E-state index in [2.05, 4.69) is 9.97 Å². The number of hydrogen-bond acceptors (Lipinski definition) is 5. The fourth-order valence-corrected chi connectivity index (χ4v) is 3.37. The van der Waals surface area contributed by atoms with Crippen LogP contribution in [0, 0.1) is 19.8 Å². The van der Waals surface area contributed by atoms with Crippen LogP contribution in [-0.2, 0) is 9.59 Å². The van der Waals surface area contributed by atoms with Gasteiger partial charge >= 0.3 is 0 Å². The number of aryl methyl sites for hydroxylation is 2. The lowest BCUT2D eigenvalue weighted by Gasteiger charge is -2.35. The number of carbonyl (C=O) groups excluding carboxylic acids is 2. The van der Waals surface area contributed by atoms with E-state index in [0.717, 1.165) is 11.4 Å². The van der Waals surface area contributed by atoms with Crippen molar-refractivity contribution in [3.05, 3.63) is 17.5 Å². The maximum atomic E-state index is 12.3. The van der Waals surface area contributed by atoms with Crippen LogP contribution in [0.2, 0.25) is 0 Å². The van der Waals surface area contributed by atoms with E-state index < -0.39 is 0 Å². The van der Waals surface area contributed by atoms with Gasteiger partial charge in [0.25, 0.3) is 0 Å². The van der Waals surface area contributed by atoms with E-state index in [-0.39, 0.29) is 17.7 Å². The summed E-state index contributed by atoms with van der Waals surface area (Å²) in [6.07, 6.45) is 0. The number of piperazine rings is 1. The highest BCUT2D eigenvalue weighted by atomic mass is 32.2. The molecule has 0 aliphatic carbocycles. The minimum Gasteiger partial charge on any atom is -0.339 e. The lowest BCUT2D eigenvalue weighted by molar-refractivity contribution is -0.140. The molecule has 0 atom stereocenters. The molecule has 6 nitrogen and oxygen atoms in total. The molecular formula is C16H24N4O2S. The zero-order chi connectivity index (χ0) is 17.0. The summed E-state index contributed by atoms with van der Waals surface area (Å²) in [5, 5.41) is 0.643. The summed E-state index contributed by atoms with van der Waals surface area (Å²) in [6, 6.07) is 1.91. The third-order valence-electron chi connectivity index (χ3n) is 3.72. The molecule has 1 fully saturated rings. The van der Waals surface area contributed by atoms with Gasteiger partial charge in [0, 0.05) is 43.5 Å². The number of hydrogen-bond donors (Lipinski definition) is 0. The van der Waals surface area contributed by atoms with Gasteiger partial charge in [-0.15, -0.1) is 0 Å². The molecule has 2 amide bonds. The van der Waals surface area contributed by atoms with E-state index in [1.54, 1.807) is 0 Å². The zero-order valence-electron chi connectivity index (χ0n) is 14.2. The SMILES string of the molecule is Cc1cc(C)nc(SCC(=O)N2CCN(C(=O)C(C)C)CC2)n1. The first-order valence-corrected chi connectivity index (χ1v) is 8.87. The second kappa shape index (κ2) is 7.77. The summed E-state index contributed by atoms with van der Waals surface area (Å²) >= 11 is 1.37. The van der Waals surface area contributed by atoms with Gasteiger partial charge in [0.05, 0.1) is 5.75 Å². The first-order valence-electron chi connectivity index (χ1n) is 7.88. The number of amides is 2. The van der Waals surface area contributed by atoms with Crippen molar-refractivity contribution in [1.29, 1.82) is 0 Å². The molecule has 0 bridgehead atoms. The largest absolute Gasteiger partial charge is 0.339 e. The fraction of sp³-hybridized carbons (Fsp3) is 0.625. The molecule has 7 heteroatoms. The van der Waals surface area contributed by atoms with Crippen LogP contribution in [-0.4, -0.2) is 63.5 Å². The molecule has 1 aromatic heterocycles. The Bertz CT molecular complexity index is 563. The molecule has 2 rings (SSSR count). The number of rotatable bonds is 4. The third-order valence-corrected chi connectivity index (χ3v) is 4.56. The molecule has 2 heterocycles. The standard InChI is InChI=1S/C16H24N4O2S/c1-11(2)15(22)20-7-5-19(6-8-20)14(21)10-23-16-17-12(3)9-13(4)18-16/h9,11H,5-8,10H2,1-4H3. The summed E-state index contributed by atoms with van der Waals surface area (Å²) in [5.74, 6) is 0.583. The van der Waals surface area contributed by atoms with E-state index in [1.165, 1.54) is 11.8 Å². The highest BCUT2D eigenvalue weighted by molar-refractivity contribution is 7.99. The Morgan fingerprint density at radius 2 is 1.61 bits per heavy atom. The Morgan fingerprint density at radius 3 is 2.13 bits per heavy atom. The topological polar surface area (TPSA) is 66.4 Å². The Labute approximate surface area is 141 Å². The fourth-order valence-electron chi connectivity index (χ4n) is 2.52. The van der Waals surface area contributed by atoms with Gasteiger partial charge in [0.2, 0.25) is 11.8 Å². The Kier molecular flexibility index (Phi) is 5.98. The van der Waals surface area contributed by atoms with Crippen molar-refractivity contribution in [2.75, 3.05) is 31.9 Å². The molecule has 0 aromatic carbocycles. The maximum Gasteiger partial charge on any atom is 0.233 e. The molecule has 23 heavy (non-hydrogen) atoms. The van der Waals surface area contributed by atoms with Crippen LogP contribution in [0.25, 0.3) is 0 Å². The van der Waals surface area contributed by atoms with Gasteiger partial charge in [-0.05, 0) is 19.9 Å². The Balaban J connectivity index is 1.82. The molecule has 0 unspecified atom stereocenters. The third kappa shape index (κ3) is 4.92. The van der Waals surface area contributed by atoms with Crippen molar-refractivity contribution >= 4 is 23.6 Å². The quantitative estimate of drug-likeness (QED) is 0.616. The molecule has 0 radical (unpaired) electrons. The van der Waals surface area contributed by atoms with E-state index in [4.69, 9.17) is 0 Å². The van der Waals surface area contributed by atoms with Crippen molar-refractivity contribution in [2.45, 2.75) is 32.9 Å². The van der Waals surface area contributed by atoms with Gasteiger partial charge in [-0.2, -0.15) is 0 Å². The average Bonchev–Trinajstić information content (AvgIpc) is 2.51. The molecule has 1 aromatic rings. The number of nitrogens with zero attached hydrogens (tertiary/aromatic N) is 4. The van der Waals surface area contributed by atoms with Gasteiger partial charge in [0.1, 0.15) is 0 Å². The predicted octanol–water partition coefficient (Wildman–Crippen LogP) is 1.51. The molecule has 1 aliphatic heterocycles. The highest BCUT2D eigenvalue weighted by Gasteiger charge is 2.25. The molecular weight excluding hydrogens is 312 g/mol. The number of thioether (sulfide) groups is 1. The van der Waals surface area contributed by atoms with Crippen molar-refractivity contribution in [2.24, 2.45) is 5.92 Å². The predicted molar refractivity (Wildman–Crippen MR) is 90.2 cm³/mol. The van der Waals surface area contributed by atoms with E-state index in [0.29, 0.717) is 37.1 Å². The summed E-state index contributed by atoms with van der Waals surface area (Å²) in [6.45, 7) is 10.1. The normalized spacial score (nSPS) is 15.2. The molecule has 1 aliphatic rings. The minimum atomic E-state index is 0.00881. The molecule has 0 N–H and O–H groups in total. The molecule has 126 valence electrons. The lowest BCUT2D eigenvalue weighted by Crippen LogP contribution is -2.51. The van der Waals surface area contributed by atoms with Crippen molar-refractivity contribution in [1.82, 2.24) is 19.8 Å². The lowest BCUT2D eigenvalue weighted by atomic mass is 10.1. The van der Waals surface area contributed by atoms with Gasteiger partial charge in [0.15, 0.2) is 5.16 Å². The van der Waals surface area contributed by atoms with Crippen molar-refractivity contribution in [3.8, 4) is 0 Å². The summed E-state index contributed by atoms with van der Waals surface area (Å²) in [7, 11) is 0. The maximum absolute atomic E-state index is 12.3. The average molecular weight is 336 g/mol. The second-order valence-electron chi connectivity index (χ2n) is 6.08. The highest BCUT2D eigenvalue weighted by Crippen LogP contribution is 2.16. The Morgan fingerprint density at radius 1 is 1.09 bits per heavy atom. The second-order valence-corrected chi connectivity index (χ2v) is 7.03. The van der Waals surface area contributed by atoms with Crippen LogP contribution < -0.4 is 0 Å².